The third-order valence-electron chi connectivity index (χ3n) is 2.90. The molecule has 3 nitrogen and oxygen atoms in total. The van der Waals surface area contributed by atoms with Gasteiger partial charge in [-0.05, 0) is 30.5 Å². The molecule has 0 saturated carbocycles. The summed E-state index contributed by atoms with van der Waals surface area (Å²) in [6.45, 7) is 1.79. The maximum absolute atomic E-state index is 13.1. The number of aromatic nitrogens is 2. The highest BCUT2D eigenvalue weighted by Gasteiger charge is 2.37. The molecule has 0 aliphatic heterocycles. The lowest BCUT2D eigenvalue weighted by Gasteiger charge is -2.03. The molecule has 0 saturated heterocycles. The predicted octanol–water partition coefficient (Wildman–Crippen LogP) is 4.68. The summed E-state index contributed by atoms with van der Waals surface area (Å²) in [6, 6.07) is 3.34. The van der Waals surface area contributed by atoms with Crippen LogP contribution in [0.2, 0.25) is 0 Å². The number of carbonyl (C=O) groups excluding carboxylic acids is 1. The second kappa shape index (κ2) is 5.36. The number of fused-ring (bicyclic) bond motifs is 1. The third-order valence-corrected chi connectivity index (χ3v) is 4.69. The average Bonchev–Trinajstić information content (AvgIpc) is 3.10. The quantitative estimate of drug-likeness (QED) is 0.512. The summed E-state index contributed by atoms with van der Waals surface area (Å²) in [4.78, 5) is 17.1. The molecule has 3 heterocycles. The molecule has 0 aliphatic carbocycles. The summed E-state index contributed by atoms with van der Waals surface area (Å²) in [6.07, 6.45) is -0.655. The molecule has 0 amide bonds. The van der Waals surface area contributed by atoms with Crippen LogP contribution in [0, 0.1) is 6.92 Å². The van der Waals surface area contributed by atoms with Gasteiger partial charge in [-0.2, -0.15) is 13.2 Å². The topological polar surface area (TPSA) is 34.4 Å². The van der Waals surface area contributed by atoms with Gasteiger partial charge in [-0.25, -0.2) is 4.98 Å². The second-order valence-corrected chi connectivity index (χ2v) is 6.67. The molecule has 0 aromatic carbocycles. The summed E-state index contributed by atoms with van der Waals surface area (Å²) in [5.41, 5.74) is -1.11. The number of imidazole rings is 1. The molecule has 0 unspecified atom stereocenters. The van der Waals surface area contributed by atoms with E-state index in [0.717, 1.165) is 11.0 Å². The first-order chi connectivity index (χ1) is 10.4. The zero-order valence-electron chi connectivity index (χ0n) is 11.2. The number of rotatable bonds is 3. The lowest BCUT2D eigenvalue weighted by atomic mass is 10.2. The molecule has 3 aromatic rings. The minimum atomic E-state index is -4.56. The van der Waals surface area contributed by atoms with Crippen LogP contribution in [0.5, 0.6) is 0 Å². The van der Waals surface area contributed by atoms with Gasteiger partial charge in [0.2, 0.25) is 0 Å². The summed E-state index contributed by atoms with van der Waals surface area (Å²) in [7, 11) is 0. The van der Waals surface area contributed by atoms with Gasteiger partial charge in [0.1, 0.15) is 0 Å². The first kappa shape index (κ1) is 15.0. The molecule has 0 fully saturated rings. The number of ketones is 1. The van der Waals surface area contributed by atoms with E-state index in [2.05, 4.69) is 4.98 Å². The van der Waals surface area contributed by atoms with Gasteiger partial charge in [-0.15, -0.1) is 22.7 Å². The van der Waals surface area contributed by atoms with Crippen LogP contribution in [0.4, 0.5) is 13.2 Å². The lowest BCUT2D eigenvalue weighted by Crippen LogP contribution is -2.08. The zero-order chi connectivity index (χ0) is 15.9. The fourth-order valence-corrected chi connectivity index (χ4v) is 3.47. The largest absolute Gasteiger partial charge is 0.435 e. The van der Waals surface area contributed by atoms with Crippen molar-refractivity contribution in [2.75, 3.05) is 0 Å². The highest BCUT2D eigenvalue weighted by Crippen LogP contribution is 2.34. The van der Waals surface area contributed by atoms with Gasteiger partial charge in [0.25, 0.3) is 0 Å². The average molecular weight is 342 g/mol. The maximum Gasteiger partial charge on any atom is 0.435 e. The Balaban J connectivity index is 2.06. The number of nitrogens with zero attached hydrogens (tertiary/aromatic N) is 2. The molecule has 0 spiro atoms. The van der Waals surface area contributed by atoms with E-state index in [1.165, 1.54) is 33.2 Å². The zero-order valence-corrected chi connectivity index (χ0v) is 12.9. The van der Waals surface area contributed by atoms with E-state index >= 15 is 0 Å². The number of allylic oxidation sites excluding steroid dienone is 1. The number of hydrogen-bond acceptors (Lipinski definition) is 4. The minimum absolute atomic E-state index is 0.128. The van der Waals surface area contributed by atoms with Gasteiger partial charge in [0.05, 0.1) is 10.6 Å². The Kier molecular flexibility index (Phi) is 3.65. The van der Waals surface area contributed by atoms with Gasteiger partial charge in [-0.1, -0.05) is 6.07 Å². The molecule has 3 rings (SSSR count). The van der Waals surface area contributed by atoms with Crippen molar-refractivity contribution in [2.24, 2.45) is 0 Å². The first-order valence-electron chi connectivity index (χ1n) is 6.18. The van der Waals surface area contributed by atoms with Crippen LogP contribution in [-0.4, -0.2) is 15.2 Å². The Morgan fingerprint density at radius 2 is 2.18 bits per heavy atom. The van der Waals surface area contributed by atoms with Gasteiger partial charge < -0.3 is 0 Å². The van der Waals surface area contributed by atoms with Crippen LogP contribution in [0.3, 0.4) is 0 Å². The summed E-state index contributed by atoms with van der Waals surface area (Å²) >= 11 is 2.41. The van der Waals surface area contributed by atoms with Crippen molar-refractivity contribution in [2.45, 2.75) is 13.1 Å². The molecule has 0 N–H and O–H groups in total. The number of hydrogen-bond donors (Lipinski definition) is 0. The molecule has 0 atom stereocenters. The Labute approximate surface area is 131 Å². The van der Waals surface area contributed by atoms with E-state index < -0.39 is 11.9 Å². The van der Waals surface area contributed by atoms with Crippen molar-refractivity contribution in [1.82, 2.24) is 9.38 Å². The highest BCUT2D eigenvalue weighted by atomic mass is 32.1. The number of halogens is 3. The molecule has 0 aliphatic rings. The third kappa shape index (κ3) is 2.71. The van der Waals surface area contributed by atoms with Crippen molar-refractivity contribution in [1.29, 1.82) is 0 Å². The van der Waals surface area contributed by atoms with E-state index in [1.807, 2.05) is 0 Å². The summed E-state index contributed by atoms with van der Waals surface area (Å²) in [5, 5.41) is 1.74. The van der Waals surface area contributed by atoms with Gasteiger partial charge in [0.15, 0.2) is 16.4 Å². The lowest BCUT2D eigenvalue weighted by molar-refractivity contribution is -0.140. The smallest absolute Gasteiger partial charge is 0.290 e. The van der Waals surface area contributed by atoms with Crippen LogP contribution in [0.25, 0.3) is 11.0 Å². The normalized spacial score (nSPS) is 12.5. The van der Waals surface area contributed by atoms with Crippen LogP contribution >= 0.6 is 22.7 Å². The van der Waals surface area contributed by atoms with E-state index in [1.54, 1.807) is 30.6 Å². The Morgan fingerprint density at radius 3 is 2.82 bits per heavy atom. The van der Waals surface area contributed by atoms with Crippen molar-refractivity contribution in [3.63, 3.8) is 0 Å². The van der Waals surface area contributed by atoms with E-state index in [4.69, 9.17) is 0 Å². The maximum atomic E-state index is 13.1. The van der Waals surface area contributed by atoms with E-state index in [0.29, 0.717) is 4.88 Å². The van der Waals surface area contributed by atoms with Crippen LogP contribution in [0.15, 0.2) is 29.8 Å². The number of aryl methyl sites for hydroxylation is 1. The monoisotopic (exact) mass is 342 g/mol. The van der Waals surface area contributed by atoms with Gasteiger partial charge in [0, 0.05) is 11.1 Å². The number of thiophene rings is 1. The van der Waals surface area contributed by atoms with Crippen molar-refractivity contribution < 1.29 is 18.0 Å². The molecule has 0 radical (unpaired) electrons. The van der Waals surface area contributed by atoms with Crippen molar-refractivity contribution in [3.05, 3.63) is 50.9 Å². The van der Waals surface area contributed by atoms with E-state index in [-0.39, 0.29) is 16.4 Å². The SMILES string of the molecule is Cc1cn2c(C=CC(=O)c3cccs3)c(C(F)(F)F)nc2s1. The standard InChI is InChI=1S/C14H9F3N2OS2/c1-8-7-19-9(4-5-10(20)11-3-2-6-21-11)12(14(15,16)17)18-13(19)22-8/h2-7H,1H3. The molecule has 114 valence electrons. The number of thiazole rings is 1. The number of carbonyl (C=O) groups is 1. The summed E-state index contributed by atoms with van der Waals surface area (Å²) < 4.78 is 40.6. The molecular weight excluding hydrogens is 333 g/mol. The molecular formula is C14H9F3N2OS2. The van der Waals surface area contributed by atoms with Crippen molar-refractivity contribution in [3.8, 4) is 0 Å². The fourth-order valence-electron chi connectivity index (χ4n) is 2.00. The van der Waals surface area contributed by atoms with Crippen LogP contribution in [0.1, 0.15) is 25.9 Å². The predicted molar refractivity (Wildman–Crippen MR) is 80.5 cm³/mol. The van der Waals surface area contributed by atoms with Crippen molar-refractivity contribution >= 4 is 39.5 Å². The number of alkyl halides is 3. The summed E-state index contributed by atoms with van der Waals surface area (Å²) in [5.74, 6) is -0.329. The molecule has 8 heteroatoms. The minimum Gasteiger partial charge on any atom is -0.290 e. The van der Waals surface area contributed by atoms with Gasteiger partial charge >= 0.3 is 6.18 Å². The Hall–Kier alpha value is -1.93. The van der Waals surface area contributed by atoms with Crippen LogP contribution < -0.4 is 0 Å². The second-order valence-electron chi connectivity index (χ2n) is 4.51. The molecule has 0 bridgehead atoms. The fraction of sp³-hybridized carbons (Fsp3) is 0.143. The first-order valence-corrected chi connectivity index (χ1v) is 7.87. The highest BCUT2D eigenvalue weighted by molar-refractivity contribution is 7.17. The Morgan fingerprint density at radius 1 is 1.41 bits per heavy atom. The van der Waals surface area contributed by atoms with E-state index in [9.17, 15) is 18.0 Å². The van der Waals surface area contributed by atoms with Crippen LogP contribution in [-0.2, 0) is 6.18 Å². The molecule has 22 heavy (non-hydrogen) atoms. The molecule has 3 aromatic heterocycles. The Bertz CT molecular complexity index is 857. The van der Waals surface area contributed by atoms with Gasteiger partial charge in [-0.3, -0.25) is 9.20 Å².